The fourth-order valence-electron chi connectivity index (χ4n) is 3.60. The molecule has 1 heterocycles. The predicted octanol–water partition coefficient (Wildman–Crippen LogP) is 3.62. The van der Waals surface area contributed by atoms with Gasteiger partial charge < -0.3 is 4.74 Å². The van der Waals surface area contributed by atoms with Gasteiger partial charge in [-0.3, -0.25) is 14.2 Å². The second-order valence-electron chi connectivity index (χ2n) is 7.11. The first-order valence-electron chi connectivity index (χ1n) is 9.01. The zero-order valence-electron chi connectivity index (χ0n) is 15.9. The van der Waals surface area contributed by atoms with Gasteiger partial charge in [0, 0.05) is 23.1 Å². The summed E-state index contributed by atoms with van der Waals surface area (Å²) in [6.07, 6.45) is 3.17. The lowest BCUT2D eigenvalue weighted by Gasteiger charge is -2.33. The number of nitrogens with zero attached hydrogens (tertiary/aromatic N) is 2. The number of benzene rings is 1. The number of thioether (sulfide) groups is 1. The number of carbonyl (C=O) groups excluding carboxylic acids is 1. The van der Waals surface area contributed by atoms with E-state index in [1.54, 1.807) is 22.4 Å². The Bertz CT molecular complexity index is 947. The zero-order valence-corrected chi connectivity index (χ0v) is 16.8. The Morgan fingerprint density at radius 1 is 1.41 bits per heavy atom. The average molecular weight is 385 g/mol. The third-order valence-electron chi connectivity index (χ3n) is 4.68. The number of aromatic nitrogens is 2. The van der Waals surface area contributed by atoms with Gasteiger partial charge in [-0.2, -0.15) is 0 Å². The van der Waals surface area contributed by atoms with E-state index in [0.29, 0.717) is 23.9 Å². The normalized spacial score (nSPS) is 14.2. The van der Waals surface area contributed by atoms with Gasteiger partial charge in [0.2, 0.25) is 0 Å². The van der Waals surface area contributed by atoms with Gasteiger partial charge >= 0.3 is 0 Å². The Hall–Kier alpha value is -2.34. The second-order valence-corrected chi connectivity index (χ2v) is 8.34. The number of ether oxygens (including phenoxy) is 1. The molecule has 1 aliphatic rings. The van der Waals surface area contributed by atoms with Crippen LogP contribution in [0.5, 0.6) is 5.75 Å². The summed E-state index contributed by atoms with van der Waals surface area (Å²) in [5.41, 5.74) is 3.20. The summed E-state index contributed by atoms with van der Waals surface area (Å²) in [5.74, 6) is 1.49. The topological polar surface area (TPSA) is 61.2 Å². The maximum atomic E-state index is 13.3. The minimum atomic E-state index is -0.353. The van der Waals surface area contributed by atoms with Crippen molar-refractivity contribution in [1.29, 1.82) is 0 Å². The molecule has 142 valence electrons. The third kappa shape index (κ3) is 3.58. The quantitative estimate of drug-likeness (QED) is 0.316. The molecule has 1 aliphatic carbocycles. The molecule has 3 rings (SSSR count). The molecule has 0 bridgehead atoms. The van der Waals surface area contributed by atoms with Crippen LogP contribution >= 0.6 is 11.8 Å². The van der Waals surface area contributed by atoms with Crippen LogP contribution in [0.2, 0.25) is 0 Å². The molecule has 6 heteroatoms. The largest absolute Gasteiger partial charge is 0.486 e. The number of rotatable bonds is 7. The highest BCUT2D eigenvalue weighted by atomic mass is 32.2. The van der Waals surface area contributed by atoms with Crippen LogP contribution < -0.4 is 10.3 Å². The number of aldehydes is 1. The molecule has 0 N–H and O–H groups in total. The molecule has 0 amide bonds. The van der Waals surface area contributed by atoms with Gasteiger partial charge in [-0.25, -0.2) is 4.98 Å². The van der Waals surface area contributed by atoms with Crippen molar-refractivity contribution in [1.82, 2.24) is 9.55 Å². The lowest BCUT2D eigenvalue weighted by Crippen LogP contribution is -2.38. The van der Waals surface area contributed by atoms with E-state index >= 15 is 0 Å². The molecule has 0 atom stereocenters. The van der Waals surface area contributed by atoms with Gasteiger partial charge in [-0.15, -0.1) is 6.58 Å². The molecule has 1 aromatic heterocycles. The lowest BCUT2D eigenvalue weighted by atomic mass is 9.72. The van der Waals surface area contributed by atoms with Crippen LogP contribution in [0.4, 0.5) is 0 Å². The molecule has 0 fully saturated rings. The van der Waals surface area contributed by atoms with E-state index in [2.05, 4.69) is 20.4 Å². The Kier molecular flexibility index (Phi) is 5.56. The van der Waals surface area contributed by atoms with E-state index in [1.807, 2.05) is 25.1 Å². The summed E-state index contributed by atoms with van der Waals surface area (Å²) in [4.78, 5) is 28.8. The van der Waals surface area contributed by atoms with Gasteiger partial charge in [0.05, 0.1) is 5.69 Å². The Morgan fingerprint density at radius 3 is 2.85 bits per heavy atom. The molecule has 2 aromatic rings. The molecule has 0 saturated heterocycles. The highest BCUT2D eigenvalue weighted by molar-refractivity contribution is 7.99. The monoisotopic (exact) mass is 384 g/mol. The second kappa shape index (κ2) is 7.72. The minimum absolute atomic E-state index is 0.00721. The van der Waals surface area contributed by atoms with Gasteiger partial charge in [-0.1, -0.05) is 38.6 Å². The van der Waals surface area contributed by atoms with Crippen molar-refractivity contribution in [3.63, 3.8) is 0 Å². The van der Waals surface area contributed by atoms with Gasteiger partial charge in [0.1, 0.15) is 12.4 Å². The maximum Gasteiger partial charge on any atom is 0.258 e. The fourth-order valence-corrected chi connectivity index (χ4v) is 4.33. The van der Waals surface area contributed by atoms with Crippen LogP contribution in [0.3, 0.4) is 0 Å². The number of carbonyl (C=O) groups is 1. The number of hydrogen-bond donors (Lipinski definition) is 0. The van der Waals surface area contributed by atoms with Crippen molar-refractivity contribution in [2.75, 3.05) is 12.4 Å². The molecule has 0 aliphatic heterocycles. The van der Waals surface area contributed by atoms with Crippen molar-refractivity contribution in [2.24, 2.45) is 0 Å². The summed E-state index contributed by atoms with van der Waals surface area (Å²) < 4.78 is 7.16. The molecule has 0 unspecified atom stereocenters. The van der Waals surface area contributed by atoms with Crippen LogP contribution in [-0.2, 0) is 23.2 Å². The molecule has 0 saturated carbocycles. The first-order chi connectivity index (χ1) is 12.9. The summed E-state index contributed by atoms with van der Waals surface area (Å²) in [6.45, 7) is 10.4. The third-order valence-corrected chi connectivity index (χ3v) is 5.54. The number of allylic oxidation sites excluding steroid dienone is 1. The van der Waals surface area contributed by atoms with Crippen molar-refractivity contribution < 1.29 is 9.53 Å². The molecule has 27 heavy (non-hydrogen) atoms. The Labute approximate surface area is 163 Å². The predicted molar refractivity (Wildman–Crippen MR) is 109 cm³/mol. The van der Waals surface area contributed by atoms with Gasteiger partial charge in [0.25, 0.3) is 5.56 Å². The molecule has 5 nitrogen and oxygen atoms in total. The molecule has 1 aromatic carbocycles. The van der Waals surface area contributed by atoms with Crippen molar-refractivity contribution in [2.45, 2.75) is 44.3 Å². The smallest absolute Gasteiger partial charge is 0.258 e. The van der Waals surface area contributed by atoms with E-state index in [0.717, 1.165) is 34.4 Å². The van der Waals surface area contributed by atoms with Crippen molar-refractivity contribution in [3.05, 3.63) is 52.3 Å². The van der Waals surface area contributed by atoms with E-state index in [4.69, 9.17) is 9.72 Å². The molecule has 0 radical (unpaired) electrons. The van der Waals surface area contributed by atoms with E-state index in [1.165, 1.54) is 0 Å². The lowest BCUT2D eigenvalue weighted by molar-refractivity contribution is -0.109. The van der Waals surface area contributed by atoms with Crippen LogP contribution in [0.1, 0.15) is 31.9 Å². The average Bonchev–Trinajstić information content (AvgIpc) is 2.62. The Balaban J connectivity index is 2.23. The van der Waals surface area contributed by atoms with Gasteiger partial charge in [-0.05, 0) is 35.9 Å². The molecular formula is C21H24N2O3S. The fraction of sp³-hybridized carbons (Fsp3) is 0.381. The minimum Gasteiger partial charge on any atom is -0.486 e. The highest BCUT2D eigenvalue weighted by Crippen LogP contribution is 2.42. The standard InChI is InChI=1S/C21H24N2O3S/c1-5-9-23-19(25)17-18(22-20(23)27-6-2)16-8-7-15(26-11-10-24)12-14(16)13-21(17,3)4/h5,7-8,10,12H,1,6,9,11,13H2,2-4H3. The maximum absolute atomic E-state index is 13.3. The summed E-state index contributed by atoms with van der Waals surface area (Å²) in [5, 5.41) is 0.714. The van der Waals surface area contributed by atoms with E-state index in [9.17, 15) is 9.59 Å². The van der Waals surface area contributed by atoms with Crippen LogP contribution in [0.25, 0.3) is 11.3 Å². The van der Waals surface area contributed by atoms with E-state index < -0.39 is 0 Å². The molecule has 0 spiro atoms. The first-order valence-corrected chi connectivity index (χ1v) is 10.00. The van der Waals surface area contributed by atoms with E-state index in [-0.39, 0.29) is 17.6 Å². The summed E-state index contributed by atoms with van der Waals surface area (Å²) in [7, 11) is 0. The summed E-state index contributed by atoms with van der Waals surface area (Å²) in [6, 6.07) is 5.72. The van der Waals surface area contributed by atoms with Crippen LogP contribution in [0, 0.1) is 0 Å². The molecular weight excluding hydrogens is 360 g/mol. The number of hydrogen-bond acceptors (Lipinski definition) is 5. The van der Waals surface area contributed by atoms with Crippen molar-refractivity contribution >= 4 is 18.0 Å². The summed E-state index contributed by atoms with van der Waals surface area (Å²) >= 11 is 1.56. The zero-order chi connectivity index (χ0) is 19.6. The van der Waals surface area contributed by atoms with Crippen molar-refractivity contribution in [3.8, 4) is 17.0 Å². The van der Waals surface area contributed by atoms with Gasteiger partial charge in [0.15, 0.2) is 11.4 Å². The first kappa shape index (κ1) is 19.4. The van der Waals surface area contributed by atoms with Crippen LogP contribution in [0.15, 0.2) is 40.8 Å². The Morgan fingerprint density at radius 2 is 2.19 bits per heavy atom. The van der Waals surface area contributed by atoms with Crippen LogP contribution in [-0.4, -0.2) is 28.2 Å². The highest BCUT2D eigenvalue weighted by Gasteiger charge is 2.36. The number of fused-ring (bicyclic) bond motifs is 3. The SMILES string of the molecule is C=CCn1c(SCC)nc2c(c1=O)C(C)(C)Cc1cc(OCC=O)ccc1-2.